The Morgan fingerprint density at radius 1 is 1.44 bits per heavy atom. The molecule has 27 heavy (non-hydrogen) atoms. The van der Waals surface area contributed by atoms with Gasteiger partial charge in [-0.15, -0.1) is 0 Å². The van der Waals surface area contributed by atoms with Gasteiger partial charge in [-0.1, -0.05) is 23.7 Å². The van der Waals surface area contributed by atoms with Gasteiger partial charge in [-0.2, -0.15) is 5.26 Å². The lowest BCUT2D eigenvalue weighted by Crippen LogP contribution is -2.44. The van der Waals surface area contributed by atoms with E-state index in [4.69, 9.17) is 26.3 Å². The predicted molar refractivity (Wildman–Crippen MR) is 106 cm³/mol. The molecule has 0 saturated carbocycles. The maximum Gasteiger partial charge on any atom is 0.410 e. The summed E-state index contributed by atoms with van der Waals surface area (Å²) in [5.41, 5.74) is 0.500. The van der Waals surface area contributed by atoms with Gasteiger partial charge in [0.25, 0.3) is 0 Å². The molecule has 1 heterocycles. The Morgan fingerprint density at radius 2 is 2.22 bits per heavy atom. The third-order valence-electron chi connectivity index (χ3n) is 4.45. The molecule has 148 valence electrons. The highest BCUT2D eigenvalue weighted by molar-refractivity contribution is 6.30. The van der Waals surface area contributed by atoms with Gasteiger partial charge in [0.05, 0.1) is 12.2 Å². The molecule has 5 nitrogen and oxygen atoms in total. The van der Waals surface area contributed by atoms with E-state index in [9.17, 15) is 4.79 Å². The Bertz CT molecular complexity index is 666. The summed E-state index contributed by atoms with van der Waals surface area (Å²) >= 11 is 6.18. The molecule has 1 aliphatic rings. The quantitative estimate of drug-likeness (QED) is 0.612. The first-order valence-corrected chi connectivity index (χ1v) is 9.90. The second kappa shape index (κ2) is 9.96. The van der Waals surface area contributed by atoms with E-state index in [0.717, 1.165) is 18.4 Å². The highest BCUT2D eigenvalue weighted by atomic mass is 35.5. The normalized spacial score (nSPS) is 18.6. The van der Waals surface area contributed by atoms with Crippen molar-refractivity contribution in [2.24, 2.45) is 5.92 Å². The number of carbonyl (C=O) groups is 1. The Hall–Kier alpha value is -1.77. The van der Waals surface area contributed by atoms with Crippen molar-refractivity contribution in [2.45, 2.75) is 58.2 Å². The third-order valence-corrected chi connectivity index (χ3v) is 4.68. The van der Waals surface area contributed by atoms with Crippen molar-refractivity contribution in [3.63, 3.8) is 0 Å². The molecule has 1 aliphatic heterocycles. The Labute approximate surface area is 167 Å². The number of likely N-dealkylation sites (tertiary alicyclic amines) is 1. The maximum absolute atomic E-state index is 12.5. The molecule has 1 aromatic carbocycles. The summed E-state index contributed by atoms with van der Waals surface area (Å²) in [6, 6.07) is 9.82. The van der Waals surface area contributed by atoms with E-state index in [-0.39, 0.29) is 18.1 Å². The minimum absolute atomic E-state index is 0.159. The molecular weight excluding hydrogens is 364 g/mol. The second-order valence-corrected chi connectivity index (χ2v) is 8.37. The first kappa shape index (κ1) is 21.5. The molecule has 0 spiro atoms. The van der Waals surface area contributed by atoms with Crippen LogP contribution in [-0.4, -0.2) is 36.3 Å². The van der Waals surface area contributed by atoms with Crippen LogP contribution in [0.3, 0.4) is 0 Å². The van der Waals surface area contributed by atoms with Gasteiger partial charge in [-0.25, -0.2) is 4.79 Å². The van der Waals surface area contributed by atoms with Gasteiger partial charge >= 0.3 is 6.09 Å². The van der Waals surface area contributed by atoms with Crippen LogP contribution in [0.4, 0.5) is 4.79 Å². The second-order valence-electron chi connectivity index (χ2n) is 7.94. The number of nitrogens with zero attached hydrogens (tertiary/aromatic N) is 2. The highest BCUT2D eigenvalue weighted by Gasteiger charge is 2.33. The van der Waals surface area contributed by atoms with E-state index in [2.05, 4.69) is 6.07 Å². The first-order chi connectivity index (χ1) is 12.8. The van der Waals surface area contributed by atoms with Crippen LogP contribution in [0.1, 0.15) is 58.1 Å². The number of hydrogen-bond donors (Lipinski definition) is 0. The minimum atomic E-state index is -0.510. The monoisotopic (exact) mass is 392 g/mol. The van der Waals surface area contributed by atoms with Gasteiger partial charge < -0.3 is 14.4 Å². The number of ether oxygens (including phenoxy) is 2. The molecular formula is C21H29ClN2O3. The highest BCUT2D eigenvalue weighted by Crippen LogP contribution is 2.34. The van der Waals surface area contributed by atoms with E-state index in [1.807, 2.05) is 45.0 Å². The van der Waals surface area contributed by atoms with E-state index < -0.39 is 5.60 Å². The molecule has 0 aliphatic carbocycles. The van der Waals surface area contributed by atoms with Gasteiger partial charge in [0.15, 0.2) is 0 Å². The molecule has 2 unspecified atom stereocenters. The summed E-state index contributed by atoms with van der Waals surface area (Å²) in [6.45, 7) is 7.42. The summed E-state index contributed by atoms with van der Waals surface area (Å²) in [5.74, 6) is 0.159. The van der Waals surface area contributed by atoms with E-state index in [0.29, 0.717) is 37.6 Å². The Kier molecular flexibility index (Phi) is 7.94. The van der Waals surface area contributed by atoms with Gasteiger partial charge in [-0.3, -0.25) is 0 Å². The van der Waals surface area contributed by atoms with Crippen molar-refractivity contribution in [3.8, 4) is 6.07 Å². The van der Waals surface area contributed by atoms with Gasteiger partial charge in [0.1, 0.15) is 5.60 Å². The van der Waals surface area contributed by atoms with Crippen molar-refractivity contribution in [1.29, 1.82) is 5.26 Å². The average Bonchev–Trinajstić information content (AvgIpc) is 2.60. The third kappa shape index (κ3) is 7.04. The number of rotatable bonds is 6. The first-order valence-electron chi connectivity index (χ1n) is 9.52. The lowest BCUT2D eigenvalue weighted by Gasteiger charge is -2.37. The number of nitriles is 1. The standard InChI is InChI=1S/C21H29ClN2O3/c1-21(2,3)27-20(25)24-12-7-9-17(15-24)19(26-13-5-4-11-23)16-8-6-10-18(22)14-16/h6,8,10,14,17,19H,4-5,7,9,12-13,15H2,1-3H3. The van der Waals surface area contributed by atoms with Crippen molar-refractivity contribution in [1.82, 2.24) is 4.90 Å². The molecule has 2 rings (SSSR count). The number of amides is 1. The molecule has 1 saturated heterocycles. The van der Waals surface area contributed by atoms with E-state index in [1.54, 1.807) is 4.90 Å². The van der Waals surface area contributed by atoms with Gasteiger partial charge in [-0.05, 0) is 57.7 Å². The van der Waals surface area contributed by atoms with Crippen LogP contribution in [-0.2, 0) is 9.47 Å². The van der Waals surface area contributed by atoms with Crippen molar-refractivity contribution >= 4 is 17.7 Å². The summed E-state index contributed by atoms with van der Waals surface area (Å²) in [7, 11) is 0. The van der Waals surface area contributed by atoms with Crippen LogP contribution in [0.5, 0.6) is 0 Å². The molecule has 1 aromatic rings. The predicted octanol–water partition coefficient (Wildman–Crippen LogP) is 5.35. The van der Waals surface area contributed by atoms with Crippen LogP contribution in [0.15, 0.2) is 24.3 Å². The van der Waals surface area contributed by atoms with Crippen molar-refractivity contribution in [2.75, 3.05) is 19.7 Å². The van der Waals surface area contributed by atoms with E-state index >= 15 is 0 Å². The van der Waals surface area contributed by atoms with Crippen LogP contribution < -0.4 is 0 Å². The van der Waals surface area contributed by atoms with Crippen molar-refractivity contribution in [3.05, 3.63) is 34.9 Å². The van der Waals surface area contributed by atoms with Crippen molar-refractivity contribution < 1.29 is 14.3 Å². The molecule has 2 atom stereocenters. The fraction of sp³-hybridized carbons (Fsp3) is 0.619. The molecule has 0 radical (unpaired) electrons. The molecule has 1 amide bonds. The SMILES string of the molecule is CC(C)(C)OC(=O)N1CCCC(C(OCCCC#N)c2cccc(Cl)c2)C1. The van der Waals surface area contributed by atoms with Crippen LogP contribution in [0, 0.1) is 17.2 Å². The molecule has 0 bridgehead atoms. The topological polar surface area (TPSA) is 62.6 Å². The Balaban J connectivity index is 2.11. The van der Waals surface area contributed by atoms with Gasteiger partial charge in [0, 0.05) is 37.1 Å². The number of piperidine rings is 1. The van der Waals surface area contributed by atoms with Crippen LogP contribution >= 0.6 is 11.6 Å². The zero-order chi connectivity index (χ0) is 19.9. The fourth-order valence-corrected chi connectivity index (χ4v) is 3.50. The smallest absolute Gasteiger partial charge is 0.410 e. The fourth-order valence-electron chi connectivity index (χ4n) is 3.30. The molecule has 0 aromatic heterocycles. The largest absolute Gasteiger partial charge is 0.444 e. The lowest BCUT2D eigenvalue weighted by molar-refractivity contribution is -0.0260. The van der Waals surface area contributed by atoms with Gasteiger partial charge in [0.2, 0.25) is 0 Å². The number of benzene rings is 1. The Morgan fingerprint density at radius 3 is 2.89 bits per heavy atom. The lowest BCUT2D eigenvalue weighted by atomic mass is 9.88. The van der Waals surface area contributed by atoms with Crippen LogP contribution in [0.25, 0.3) is 0 Å². The summed E-state index contributed by atoms with van der Waals surface area (Å²) in [6.07, 6.45) is 2.60. The zero-order valence-electron chi connectivity index (χ0n) is 16.4. The molecule has 0 N–H and O–H groups in total. The number of carbonyl (C=O) groups excluding carboxylic acids is 1. The molecule has 1 fully saturated rings. The zero-order valence-corrected chi connectivity index (χ0v) is 17.2. The summed E-state index contributed by atoms with van der Waals surface area (Å²) < 4.78 is 11.7. The average molecular weight is 393 g/mol. The van der Waals surface area contributed by atoms with E-state index in [1.165, 1.54) is 0 Å². The minimum Gasteiger partial charge on any atom is -0.444 e. The maximum atomic E-state index is 12.5. The number of hydrogen-bond acceptors (Lipinski definition) is 4. The molecule has 6 heteroatoms. The van der Waals surface area contributed by atoms with Crippen LogP contribution in [0.2, 0.25) is 5.02 Å². The number of unbranched alkanes of at least 4 members (excludes halogenated alkanes) is 1. The number of halogens is 1. The summed E-state index contributed by atoms with van der Waals surface area (Å²) in [5, 5.41) is 9.41. The summed E-state index contributed by atoms with van der Waals surface area (Å²) in [4.78, 5) is 14.3.